The minimum Gasteiger partial charge on any atom is -0.444 e. The van der Waals surface area contributed by atoms with Crippen molar-refractivity contribution in [2.45, 2.75) is 81.7 Å². The number of piperidine rings is 1. The van der Waals surface area contributed by atoms with Crippen molar-refractivity contribution in [2.24, 2.45) is 5.73 Å². The van der Waals surface area contributed by atoms with Crippen molar-refractivity contribution >= 4 is 6.09 Å². The molecule has 2 bridgehead atoms. The third kappa shape index (κ3) is 2.96. The van der Waals surface area contributed by atoms with Crippen LogP contribution in [0.3, 0.4) is 0 Å². The van der Waals surface area contributed by atoms with Crippen LogP contribution in [-0.2, 0) is 4.74 Å². The van der Waals surface area contributed by atoms with Crippen LogP contribution in [0.2, 0.25) is 0 Å². The Bertz CT molecular complexity index is 476. The lowest BCUT2D eigenvalue weighted by molar-refractivity contribution is -0.0946. The van der Waals surface area contributed by atoms with Crippen molar-refractivity contribution in [3.05, 3.63) is 0 Å². The number of aliphatic hydroxyl groups is 1. The molecule has 0 spiro atoms. The zero-order valence-electron chi connectivity index (χ0n) is 14.8. The first-order chi connectivity index (χ1) is 10.5. The molecule has 0 radical (unpaired) electrons. The summed E-state index contributed by atoms with van der Waals surface area (Å²) in [5.74, 6) is 0. The van der Waals surface area contributed by atoms with E-state index in [0.29, 0.717) is 44.4 Å². The van der Waals surface area contributed by atoms with Crippen molar-refractivity contribution < 1.29 is 14.6 Å². The van der Waals surface area contributed by atoms with E-state index >= 15 is 0 Å². The Labute approximate surface area is 138 Å². The molecule has 0 saturated carbocycles. The number of rotatable bonds is 1. The van der Waals surface area contributed by atoms with E-state index in [1.807, 2.05) is 20.8 Å². The fourth-order valence-electron chi connectivity index (χ4n) is 4.55. The summed E-state index contributed by atoms with van der Waals surface area (Å²) >= 11 is 0. The molecule has 0 aromatic rings. The van der Waals surface area contributed by atoms with Gasteiger partial charge in [0.05, 0.1) is 11.1 Å². The fourth-order valence-corrected chi connectivity index (χ4v) is 4.55. The molecule has 0 aliphatic carbocycles. The van der Waals surface area contributed by atoms with E-state index < -0.39 is 16.7 Å². The lowest BCUT2D eigenvalue weighted by Crippen LogP contribution is -2.67. The second-order valence-electron chi connectivity index (χ2n) is 8.80. The molecule has 3 atom stereocenters. The maximum Gasteiger partial charge on any atom is 0.410 e. The van der Waals surface area contributed by atoms with E-state index in [0.717, 1.165) is 12.8 Å². The van der Waals surface area contributed by atoms with E-state index in [1.54, 1.807) is 4.90 Å². The fraction of sp³-hybridized carbons (Fsp3) is 0.941. The first kappa shape index (κ1) is 17.0. The predicted molar refractivity (Wildman–Crippen MR) is 88.1 cm³/mol. The van der Waals surface area contributed by atoms with Crippen LogP contribution < -0.4 is 5.73 Å². The maximum absolute atomic E-state index is 12.3. The summed E-state index contributed by atoms with van der Waals surface area (Å²) < 4.78 is 5.45. The Balaban J connectivity index is 1.70. The van der Waals surface area contributed by atoms with Crippen molar-refractivity contribution in [3.8, 4) is 0 Å². The summed E-state index contributed by atoms with van der Waals surface area (Å²) in [6.45, 7) is 6.51. The number of fused-ring (bicyclic) bond motifs is 2. The lowest BCUT2D eigenvalue weighted by atomic mass is 9.71. The Kier molecular flexibility index (Phi) is 3.93. The van der Waals surface area contributed by atoms with Gasteiger partial charge in [0.2, 0.25) is 0 Å². The number of hydrogen-bond donors (Lipinski definition) is 2. The SMILES string of the molecule is CN1C2CCC1CC(O)(C1(N)CCN(C(=O)OC(C)(C)C)C1)C2. The molecule has 132 valence electrons. The van der Waals surface area contributed by atoms with Gasteiger partial charge in [-0.05, 0) is 59.9 Å². The Hall–Kier alpha value is -0.850. The molecule has 0 aromatic heterocycles. The number of likely N-dealkylation sites (tertiary alicyclic amines) is 1. The van der Waals surface area contributed by atoms with Gasteiger partial charge in [-0.15, -0.1) is 0 Å². The lowest BCUT2D eigenvalue weighted by Gasteiger charge is -2.50. The van der Waals surface area contributed by atoms with Crippen LogP contribution in [0.5, 0.6) is 0 Å². The van der Waals surface area contributed by atoms with E-state index in [2.05, 4.69) is 11.9 Å². The Morgan fingerprint density at radius 2 is 1.83 bits per heavy atom. The summed E-state index contributed by atoms with van der Waals surface area (Å²) in [6.07, 6.45) is 3.98. The van der Waals surface area contributed by atoms with Crippen molar-refractivity contribution in [3.63, 3.8) is 0 Å². The molecule has 3 fully saturated rings. The van der Waals surface area contributed by atoms with Crippen LogP contribution in [0.4, 0.5) is 4.79 Å². The van der Waals surface area contributed by atoms with Gasteiger partial charge in [0.15, 0.2) is 0 Å². The van der Waals surface area contributed by atoms with Gasteiger partial charge in [0.1, 0.15) is 5.60 Å². The molecule has 3 N–H and O–H groups in total. The second-order valence-corrected chi connectivity index (χ2v) is 8.80. The van der Waals surface area contributed by atoms with E-state index in [9.17, 15) is 9.90 Å². The van der Waals surface area contributed by atoms with Gasteiger partial charge in [0.25, 0.3) is 0 Å². The average molecular weight is 325 g/mol. The third-order valence-corrected chi connectivity index (χ3v) is 6.01. The van der Waals surface area contributed by atoms with Crippen molar-refractivity contribution in [2.75, 3.05) is 20.1 Å². The van der Waals surface area contributed by atoms with E-state index in [-0.39, 0.29) is 6.09 Å². The van der Waals surface area contributed by atoms with E-state index in [4.69, 9.17) is 10.5 Å². The number of hydrogen-bond acceptors (Lipinski definition) is 5. The summed E-state index contributed by atoms with van der Waals surface area (Å²) in [4.78, 5) is 16.3. The molecular weight excluding hydrogens is 294 g/mol. The highest BCUT2D eigenvalue weighted by atomic mass is 16.6. The molecule has 23 heavy (non-hydrogen) atoms. The minimum atomic E-state index is -0.887. The molecule has 3 aliphatic heterocycles. The molecule has 0 aromatic carbocycles. The van der Waals surface area contributed by atoms with Crippen LogP contribution in [-0.4, -0.2) is 70.0 Å². The number of carbonyl (C=O) groups is 1. The van der Waals surface area contributed by atoms with Gasteiger partial charge in [0, 0.05) is 25.2 Å². The van der Waals surface area contributed by atoms with Gasteiger partial charge < -0.3 is 25.4 Å². The molecule has 3 rings (SSSR count). The molecule has 3 unspecified atom stereocenters. The Morgan fingerprint density at radius 1 is 1.26 bits per heavy atom. The molecule has 6 nitrogen and oxygen atoms in total. The summed E-state index contributed by atoms with van der Waals surface area (Å²) in [6, 6.07) is 0.824. The minimum absolute atomic E-state index is 0.329. The number of carbonyl (C=O) groups excluding carboxylic acids is 1. The van der Waals surface area contributed by atoms with Gasteiger partial charge in [-0.2, -0.15) is 0 Å². The normalized spacial score (nSPS) is 41.4. The standard InChI is InChI=1S/C17H31N3O3/c1-15(2,3)23-14(21)20-8-7-16(18,11-20)17(22)9-12-5-6-13(10-17)19(12)4/h12-13,22H,5-11,18H2,1-4H3. The van der Waals surface area contributed by atoms with Crippen LogP contribution >= 0.6 is 0 Å². The highest BCUT2D eigenvalue weighted by molar-refractivity contribution is 5.68. The van der Waals surface area contributed by atoms with Crippen LogP contribution in [0.15, 0.2) is 0 Å². The summed E-state index contributed by atoms with van der Waals surface area (Å²) in [5.41, 5.74) is 4.51. The number of nitrogens with two attached hydrogens (primary N) is 1. The molecule has 3 heterocycles. The van der Waals surface area contributed by atoms with E-state index in [1.165, 1.54) is 0 Å². The second kappa shape index (κ2) is 5.33. The highest BCUT2D eigenvalue weighted by Crippen LogP contribution is 2.46. The smallest absolute Gasteiger partial charge is 0.410 e. The van der Waals surface area contributed by atoms with Gasteiger partial charge >= 0.3 is 6.09 Å². The monoisotopic (exact) mass is 325 g/mol. The van der Waals surface area contributed by atoms with Gasteiger partial charge in [-0.1, -0.05) is 0 Å². The van der Waals surface area contributed by atoms with Gasteiger partial charge in [-0.25, -0.2) is 4.79 Å². The zero-order chi connectivity index (χ0) is 17.0. The largest absolute Gasteiger partial charge is 0.444 e. The highest BCUT2D eigenvalue weighted by Gasteiger charge is 2.58. The Morgan fingerprint density at radius 3 is 2.35 bits per heavy atom. The third-order valence-electron chi connectivity index (χ3n) is 6.01. The molecule has 3 aliphatic rings. The maximum atomic E-state index is 12.3. The molecule has 6 heteroatoms. The zero-order valence-corrected chi connectivity index (χ0v) is 14.8. The average Bonchev–Trinajstić information content (AvgIpc) is 2.89. The van der Waals surface area contributed by atoms with Crippen molar-refractivity contribution in [1.82, 2.24) is 9.80 Å². The molecule has 3 saturated heterocycles. The number of nitrogens with zero attached hydrogens (tertiary/aromatic N) is 2. The topological polar surface area (TPSA) is 79.0 Å². The predicted octanol–water partition coefficient (Wildman–Crippen LogP) is 1.31. The number of amides is 1. The van der Waals surface area contributed by atoms with Crippen LogP contribution in [0.1, 0.15) is 52.9 Å². The molecular formula is C17H31N3O3. The summed E-state index contributed by atoms with van der Waals surface area (Å²) in [7, 11) is 2.15. The quantitative estimate of drug-likeness (QED) is 0.760. The first-order valence-corrected chi connectivity index (χ1v) is 8.74. The van der Waals surface area contributed by atoms with Gasteiger partial charge in [-0.3, -0.25) is 0 Å². The van der Waals surface area contributed by atoms with Crippen LogP contribution in [0, 0.1) is 0 Å². The molecule has 1 amide bonds. The van der Waals surface area contributed by atoms with Crippen LogP contribution in [0.25, 0.3) is 0 Å². The number of ether oxygens (including phenoxy) is 1. The summed E-state index contributed by atoms with van der Waals surface area (Å²) in [5, 5.41) is 11.3. The first-order valence-electron chi connectivity index (χ1n) is 8.74. The van der Waals surface area contributed by atoms with Crippen molar-refractivity contribution in [1.29, 1.82) is 0 Å².